The third kappa shape index (κ3) is 11.2. The number of hydrogen-bond acceptors (Lipinski definition) is 3. The van der Waals surface area contributed by atoms with Gasteiger partial charge in [-0.1, -0.05) is 18.8 Å². The molecule has 0 aromatic rings. The van der Waals surface area contributed by atoms with Crippen molar-refractivity contribution in [1.82, 2.24) is 0 Å². The molecule has 3 nitrogen and oxygen atoms in total. The monoisotopic (exact) mass is 202 g/mol. The molecule has 0 bridgehead atoms. The van der Waals surface area contributed by atoms with Gasteiger partial charge in [-0.05, 0) is 18.6 Å². The second-order valence-electron chi connectivity index (χ2n) is 2.46. The van der Waals surface area contributed by atoms with Crippen molar-refractivity contribution in [1.29, 1.82) is 0 Å². The quantitative estimate of drug-likeness (QED) is 0.510. The smallest absolute Gasteiger partial charge is 0.264 e. The van der Waals surface area contributed by atoms with Crippen molar-refractivity contribution >= 4 is 10.1 Å². The molecule has 0 N–H and O–H groups in total. The predicted octanol–water partition coefficient (Wildman–Crippen LogP) is 1.32. The first-order valence-electron chi connectivity index (χ1n) is 4.04. The van der Waals surface area contributed by atoms with Gasteiger partial charge in [-0.2, -0.15) is 8.42 Å². The lowest BCUT2D eigenvalue weighted by molar-refractivity contribution is 0.361. The Labute approximate surface area is 79.9 Å². The van der Waals surface area contributed by atoms with Crippen LogP contribution in [0, 0.1) is 11.8 Å². The summed E-state index contributed by atoms with van der Waals surface area (Å²) >= 11 is 0. The van der Waals surface area contributed by atoms with Crippen LogP contribution in [0.1, 0.15) is 19.8 Å². The highest BCUT2D eigenvalue weighted by molar-refractivity contribution is 7.85. The molecule has 0 spiro atoms. The zero-order valence-corrected chi connectivity index (χ0v) is 8.73. The van der Waals surface area contributed by atoms with E-state index < -0.39 is 10.1 Å². The van der Waals surface area contributed by atoms with Gasteiger partial charge in [-0.25, -0.2) is 0 Å². The van der Waals surface area contributed by atoms with Crippen LogP contribution in [-0.2, 0) is 14.3 Å². The molecule has 0 atom stereocenters. The first-order chi connectivity index (χ1) is 6.06. The zero-order valence-electron chi connectivity index (χ0n) is 7.91. The van der Waals surface area contributed by atoms with Crippen LogP contribution in [0.15, 0.2) is 12.2 Å². The molecule has 0 rings (SSSR count). The Morgan fingerprint density at radius 2 is 2.15 bits per heavy atom. The topological polar surface area (TPSA) is 43.4 Å². The summed E-state index contributed by atoms with van der Waals surface area (Å²) in [5.74, 6) is 5.66. The number of allylic oxidation sites excluding steroid dienone is 1. The molecule has 0 aliphatic heterocycles. The van der Waals surface area contributed by atoms with Gasteiger partial charge in [0, 0.05) is 6.42 Å². The van der Waals surface area contributed by atoms with Crippen molar-refractivity contribution in [3.63, 3.8) is 0 Å². The number of hydrogen-bond donors (Lipinski definition) is 0. The second kappa shape index (κ2) is 6.70. The highest BCUT2D eigenvalue weighted by Crippen LogP contribution is 1.86. The number of unbranched alkanes of at least 4 members (excludes halogenated alkanes) is 1. The third-order valence-corrected chi connectivity index (χ3v) is 1.62. The third-order valence-electron chi connectivity index (χ3n) is 1.06. The van der Waals surface area contributed by atoms with E-state index in [1.807, 2.05) is 6.92 Å². The van der Waals surface area contributed by atoms with E-state index in [0.29, 0.717) is 0 Å². The molecule has 0 saturated heterocycles. The Hall–Kier alpha value is -0.790. The van der Waals surface area contributed by atoms with Crippen molar-refractivity contribution in [2.24, 2.45) is 0 Å². The van der Waals surface area contributed by atoms with Crippen molar-refractivity contribution in [3.8, 4) is 11.8 Å². The molecule has 0 aliphatic carbocycles. The molecule has 0 amide bonds. The lowest BCUT2D eigenvalue weighted by Gasteiger charge is -1.92. The average molecular weight is 202 g/mol. The maximum absolute atomic E-state index is 10.5. The van der Waals surface area contributed by atoms with E-state index in [2.05, 4.69) is 16.0 Å². The van der Waals surface area contributed by atoms with E-state index >= 15 is 0 Å². The first-order valence-corrected chi connectivity index (χ1v) is 5.85. The second-order valence-corrected chi connectivity index (χ2v) is 4.11. The van der Waals surface area contributed by atoms with Gasteiger partial charge in [0.25, 0.3) is 10.1 Å². The predicted molar refractivity (Wildman–Crippen MR) is 52.6 cm³/mol. The average Bonchev–Trinajstić information content (AvgIpc) is 2.01. The molecular weight excluding hydrogens is 188 g/mol. The van der Waals surface area contributed by atoms with Crippen LogP contribution in [-0.4, -0.2) is 21.3 Å². The van der Waals surface area contributed by atoms with Gasteiger partial charge in [-0.15, -0.1) is 0 Å². The van der Waals surface area contributed by atoms with Gasteiger partial charge in [-0.3, -0.25) is 4.18 Å². The van der Waals surface area contributed by atoms with Gasteiger partial charge in [0.05, 0.1) is 12.9 Å². The molecule has 4 heteroatoms. The maximum atomic E-state index is 10.5. The molecule has 0 radical (unpaired) electrons. The SMILES string of the molecule is CCCC#C/C=C/COS(C)(=O)=O. The van der Waals surface area contributed by atoms with E-state index in [4.69, 9.17) is 0 Å². The Morgan fingerprint density at radius 3 is 2.69 bits per heavy atom. The maximum Gasteiger partial charge on any atom is 0.264 e. The van der Waals surface area contributed by atoms with Crippen molar-refractivity contribution in [2.45, 2.75) is 19.8 Å². The van der Waals surface area contributed by atoms with Crippen molar-refractivity contribution < 1.29 is 12.6 Å². The molecule has 0 saturated carbocycles. The molecule has 0 unspecified atom stereocenters. The minimum Gasteiger partial charge on any atom is -0.266 e. The fourth-order valence-electron chi connectivity index (χ4n) is 0.526. The van der Waals surface area contributed by atoms with Crippen LogP contribution >= 0.6 is 0 Å². The molecule has 0 heterocycles. The first kappa shape index (κ1) is 12.2. The van der Waals surface area contributed by atoms with E-state index in [9.17, 15) is 8.42 Å². The molecule has 0 aromatic carbocycles. The van der Waals surface area contributed by atoms with E-state index in [-0.39, 0.29) is 6.61 Å². The van der Waals surface area contributed by atoms with Crippen LogP contribution in [0.2, 0.25) is 0 Å². The summed E-state index contributed by atoms with van der Waals surface area (Å²) < 4.78 is 25.4. The largest absolute Gasteiger partial charge is 0.266 e. The highest BCUT2D eigenvalue weighted by atomic mass is 32.2. The minimum absolute atomic E-state index is 0.0552. The molecule has 74 valence electrons. The van der Waals surface area contributed by atoms with Gasteiger partial charge >= 0.3 is 0 Å². The summed E-state index contributed by atoms with van der Waals surface area (Å²) in [5, 5.41) is 0. The fourth-order valence-corrected chi connectivity index (χ4v) is 0.852. The summed E-state index contributed by atoms with van der Waals surface area (Å²) in [7, 11) is -3.32. The fraction of sp³-hybridized carbons (Fsp3) is 0.556. The van der Waals surface area contributed by atoms with Crippen molar-refractivity contribution in [2.75, 3.05) is 12.9 Å². The van der Waals surface area contributed by atoms with Gasteiger partial charge < -0.3 is 0 Å². The summed E-state index contributed by atoms with van der Waals surface area (Å²) in [6, 6.07) is 0. The summed E-state index contributed by atoms with van der Waals surface area (Å²) in [6.07, 6.45) is 6.08. The Kier molecular flexibility index (Phi) is 6.29. The molecule has 0 fully saturated rings. The summed E-state index contributed by atoms with van der Waals surface area (Å²) in [6.45, 7) is 2.10. The van der Waals surface area contributed by atoms with Crippen LogP contribution < -0.4 is 0 Å². The zero-order chi connectivity index (χ0) is 10.2. The molecule has 0 aromatic heterocycles. The van der Waals surface area contributed by atoms with Crippen LogP contribution in [0.3, 0.4) is 0 Å². The van der Waals surface area contributed by atoms with Crippen LogP contribution in [0.25, 0.3) is 0 Å². The van der Waals surface area contributed by atoms with Crippen LogP contribution in [0.4, 0.5) is 0 Å². The highest BCUT2D eigenvalue weighted by Gasteiger charge is 1.96. The molecular formula is C9H14O3S. The lowest BCUT2D eigenvalue weighted by Crippen LogP contribution is -2.01. The Balaban J connectivity index is 3.61. The number of rotatable bonds is 4. The normalized spacial score (nSPS) is 11.2. The standard InChI is InChI=1S/C9H14O3S/c1-3-4-5-6-7-8-9-12-13(2,10)11/h7-8H,3-4,9H2,1-2H3/b8-7+. The van der Waals surface area contributed by atoms with Gasteiger partial charge in [0.2, 0.25) is 0 Å². The summed E-state index contributed by atoms with van der Waals surface area (Å²) in [4.78, 5) is 0. The van der Waals surface area contributed by atoms with Crippen LogP contribution in [0.5, 0.6) is 0 Å². The Bertz CT molecular complexity index is 303. The van der Waals surface area contributed by atoms with Gasteiger partial charge in [0.15, 0.2) is 0 Å². The van der Waals surface area contributed by atoms with Gasteiger partial charge in [0.1, 0.15) is 0 Å². The van der Waals surface area contributed by atoms with Crippen molar-refractivity contribution in [3.05, 3.63) is 12.2 Å². The molecule has 13 heavy (non-hydrogen) atoms. The van der Waals surface area contributed by atoms with E-state index in [1.165, 1.54) is 0 Å². The van der Waals surface area contributed by atoms with E-state index in [0.717, 1.165) is 19.1 Å². The van der Waals surface area contributed by atoms with E-state index in [1.54, 1.807) is 12.2 Å². The molecule has 0 aliphatic rings. The minimum atomic E-state index is -3.32. The lowest BCUT2D eigenvalue weighted by atomic mass is 10.3. The Morgan fingerprint density at radius 1 is 1.46 bits per heavy atom. The summed E-state index contributed by atoms with van der Waals surface area (Å²) in [5.41, 5.74) is 0.